The highest BCUT2D eigenvalue weighted by molar-refractivity contribution is 8.26. The van der Waals surface area contributed by atoms with Crippen LogP contribution in [0.5, 0.6) is 0 Å². The summed E-state index contributed by atoms with van der Waals surface area (Å²) >= 11 is 12.6. The quantitative estimate of drug-likeness (QED) is 0.562. The van der Waals surface area contributed by atoms with E-state index in [1.54, 1.807) is 12.1 Å². The maximum atomic E-state index is 12.9. The molecule has 0 unspecified atom stereocenters. The average molecular weight is 421 g/mol. The van der Waals surface area contributed by atoms with Crippen LogP contribution in [0.3, 0.4) is 0 Å². The molecular formula is C19H14ClFN2O2S2. The molecule has 138 valence electrons. The van der Waals surface area contributed by atoms with E-state index in [-0.39, 0.29) is 30.6 Å². The van der Waals surface area contributed by atoms with Gasteiger partial charge >= 0.3 is 0 Å². The van der Waals surface area contributed by atoms with Crippen LogP contribution < -0.4 is 5.32 Å². The van der Waals surface area contributed by atoms with Crippen LogP contribution in [-0.4, -0.2) is 27.6 Å². The number of thiocarbonyl (C=S) groups is 1. The van der Waals surface area contributed by atoms with Crippen LogP contribution in [0.25, 0.3) is 6.08 Å². The lowest BCUT2D eigenvalue weighted by Crippen LogP contribution is -2.31. The smallest absolute Gasteiger partial charge is 0.266 e. The fourth-order valence-corrected chi connectivity index (χ4v) is 3.89. The highest BCUT2D eigenvalue weighted by Gasteiger charge is 2.32. The van der Waals surface area contributed by atoms with Gasteiger partial charge in [-0.15, -0.1) is 0 Å². The first-order chi connectivity index (χ1) is 12.9. The lowest BCUT2D eigenvalue weighted by atomic mass is 10.2. The molecule has 1 N–H and O–H groups in total. The van der Waals surface area contributed by atoms with Crippen LogP contribution in [0.15, 0.2) is 53.4 Å². The Morgan fingerprint density at radius 3 is 2.63 bits per heavy atom. The standard InChI is InChI=1S/C19H14ClFN2O2S2/c20-15-4-2-1-3-12(15)11-16-18(25)23(19(26)27-16)10-9-17(24)22-14-7-5-13(21)6-8-14/h1-8,11H,9-10H2,(H,22,24)/b16-11+. The summed E-state index contributed by atoms with van der Waals surface area (Å²) in [4.78, 5) is 26.5. The number of carbonyl (C=O) groups excluding carboxylic acids is 2. The summed E-state index contributed by atoms with van der Waals surface area (Å²) in [6.45, 7) is 0.164. The summed E-state index contributed by atoms with van der Waals surface area (Å²) in [7, 11) is 0. The average Bonchev–Trinajstić information content (AvgIpc) is 2.90. The summed E-state index contributed by atoms with van der Waals surface area (Å²) in [5.41, 5.74) is 1.22. The van der Waals surface area contributed by atoms with Crippen LogP contribution >= 0.6 is 35.6 Å². The minimum Gasteiger partial charge on any atom is -0.326 e. The SMILES string of the molecule is O=C(CCN1C(=O)/C(=C\c2ccccc2Cl)SC1=S)Nc1ccc(F)cc1. The number of anilines is 1. The molecule has 2 aromatic rings. The molecular weight excluding hydrogens is 407 g/mol. The van der Waals surface area contributed by atoms with Gasteiger partial charge in [-0.2, -0.15) is 0 Å². The predicted molar refractivity (Wildman–Crippen MR) is 111 cm³/mol. The van der Waals surface area contributed by atoms with E-state index < -0.39 is 0 Å². The first-order valence-electron chi connectivity index (χ1n) is 7.99. The van der Waals surface area contributed by atoms with Crippen molar-refractivity contribution in [1.82, 2.24) is 4.90 Å². The van der Waals surface area contributed by atoms with Crippen LogP contribution in [0.4, 0.5) is 10.1 Å². The van der Waals surface area contributed by atoms with Gasteiger partial charge in [0.2, 0.25) is 5.91 Å². The molecule has 0 bridgehead atoms. The maximum absolute atomic E-state index is 12.9. The van der Waals surface area contributed by atoms with Gasteiger partial charge in [0, 0.05) is 23.7 Å². The molecule has 1 heterocycles. The van der Waals surface area contributed by atoms with Crippen molar-refractivity contribution in [1.29, 1.82) is 0 Å². The van der Waals surface area contributed by atoms with Crippen molar-refractivity contribution in [3.05, 3.63) is 69.8 Å². The topological polar surface area (TPSA) is 49.4 Å². The number of thioether (sulfide) groups is 1. The second kappa shape index (κ2) is 8.65. The molecule has 1 saturated heterocycles. The molecule has 2 aromatic carbocycles. The predicted octanol–water partition coefficient (Wildman–Crippen LogP) is 4.71. The van der Waals surface area contributed by atoms with Crippen molar-refractivity contribution in [2.45, 2.75) is 6.42 Å². The van der Waals surface area contributed by atoms with E-state index in [1.807, 2.05) is 18.2 Å². The van der Waals surface area contributed by atoms with Gasteiger partial charge in [-0.1, -0.05) is 53.8 Å². The minimum atomic E-state index is -0.379. The first kappa shape index (κ1) is 19.5. The summed E-state index contributed by atoms with van der Waals surface area (Å²) in [6.07, 6.45) is 1.77. The number of carbonyl (C=O) groups is 2. The summed E-state index contributed by atoms with van der Waals surface area (Å²) in [5, 5.41) is 3.20. The first-order valence-corrected chi connectivity index (χ1v) is 9.59. The molecule has 3 rings (SSSR count). The Morgan fingerprint density at radius 1 is 1.22 bits per heavy atom. The number of amides is 2. The van der Waals surface area contributed by atoms with E-state index in [9.17, 15) is 14.0 Å². The van der Waals surface area contributed by atoms with E-state index in [1.165, 1.54) is 40.9 Å². The zero-order valence-corrected chi connectivity index (χ0v) is 16.3. The molecule has 1 fully saturated rings. The maximum Gasteiger partial charge on any atom is 0.266 e. The molecule has 0 aliphatic carbocycles. The lowest BCUT2D eigenvalue weighted by Gasteiger charge is -2.14. The second-order valence-corrected chi connectivity index (χ2v) is 7.74. The third kappa shape index (κ3) is 4.94. The zero-order valence-electron chi connectivity index (χ0n) is 13.9. The number of nitrogens with zero attached hydrogens (tertiary/aromatic N) is 1. The molecule has 1 aliphatic rings. The van der Waals surface area contributed by atoms with Crippen molar-refractivity contribution in [3.8, 4) is 0 Å². The van der Waals surface area contributed by atoms with Crippen LogP contribution in [0.2, 0.25) is 5.02 Å². The Morgan fingerprint density at radius 2 is 1.93 bits per heavy atom. The van der Waals surface area contributed by atoms with Crippen molar-refractivity contribution >= 4 is 63.5 Å². The Bertz CT molecular complexity index is 932. The van der Waals surface area contributed by atoms with Gasteiger partial charge in [0.05, 0.1) is 4.91 Å². The summed E-state index contributed by atoms with van der Waals surface area (Å²) in [6, 6.07) is 12.7. The second-order valence-electron chi connectivity index (χ2n) is 5.66. The molecule has 27 heavy (non-hydrogen) atoms. The van der Waals surface area contributed by atoms with Gasteiger partial charge in [-0.25, -0.2) is 4.39 Å². The fourth-order valence-electron chi connectivity index (χ4n) is 2.40. The fraction of sp³-hybridized carbons (Fsp3) is 0.105. The number of benzene rings is 2. The third-order valence-corrected chi connectivity index (χ3v) is 5.48. The Hall–Kier alpha value is -2.22. The highest BCUT2D eigenvalue weighted by atomic mass is 35.5. The number of hydrogen-bond donors (Lipinski definition) is 1. The van der Waals surface area contributed by atoms with Crippen molar-refractivity contribution in [3.63, 3.8) is 0 Å². The lowest BCUT2D eigenvalue weighted by molar-refractivity contribution is -0.122. The molecule has 0 atom stereocenters. The van der Waals surface area contributed by atoms with Gasteiger partial charge in [0.1, 0.15) is 10.1 Å². The summed E-state index contributed by atoms with van der Waals surface area (Å²) < 4.78 is 13.3. The van der Waals surface area contributed by atoms with Crippen molar-refractivity contribution < 1.29 is 14.0 Å². The highest BCUT2D eigenvalue weighted by Crippen LogP contribution is 2.33. The number of hydrogen-bond acceptors (Lipinski definition) is 4. The van der Waals surface area contributed by atoms with E-state index >= 15 is 0 Å². The molecule has 8 heteroatoms. The van der Waals surface area contributed by atoms with Crippen LogP contribution in [0.1, 0.15) is 12.0 Å². The number of halogens is 2. The molecule has 0 radical (unpaired) electrons. The normalized spacial score (nSPS) is 15.5. The number of rotatable bonds is 5. The molecule has 0 spiro atoms. The largest absolute Gasteiger partial charge is 0.326 e. The Balaban J connectivity index is 1.61. The Labute approximate surface area is 170 Å². The van der Waals surface area contributed by atoms with E-state index in [0.717, 1.165) is 5.56 Å². The van der Waals surface area contributed by atoms with E-state index in [4.69, 9.17) is 23.8 Å². The van der Waals surface area contributed by atoms with Gasteiger partial charge in [0.15, 0.2) is 0 Å². The third-order valence-electron chi connectivity index (χ3n) is 3.76. The van der Waals surface area contributed by atoms with Gasteiger partial charge in [-0.05, 0) is 42.0 Å². The van der Waals surface area contributed by atoms with E-state index in [0.29, 0.717) is 19.9 Å². The molecule has 0 saturated carbocycles. The monoisotopic (exact) mass is 420 g/mol. The minimum absolute atomic E-state index is 0.0726. The van der Waals surface area contributed by atoms with Crippen LogP contribution in [-0.2, 0) is 9.59 Å². The molecule has 0 aromatic heterocycles. The van der Waals surface area contributed by atoms with Gasteiger partial charge in [-0.3, -0.25) is 14.5 Å². The van der Waals surface area contributed by atoms with Gasteiger partial charge < -0.3 is 5.32 Å². The zero-order chi connectivity index (χ0) is 19.4. The van der Waals surface area contributed by atoms with Gasteiger partial charge in [0.25, 0.3) is 5.91 Å². The molecule has 2 amide bonds. The molecule has 1 aliphatic heterocycles. The summed E-state index contributed by atoms with van der Waals surface area (Å²) in [5.74, 6) is -0.916. The van der Waals surface area contributed by atoms with Crippen molar-refractivity contribution in [2.75, 3.05) is 11.9 Å². The number of nitrogens with one attached hydrogen (secondary N) is 1. The Kier molecular flexibility index (Phi) is 6.26. The van der Waals surface area contributed by atoms with Crippen LogP contribution in [0, 0.1) is 5.82 Å². The van der Waals surface area contributed by atoms with E-state index in [2.05, 4.69) is 5.32 Å². The molecule has 4 nitrogen and oxygen atoms in total. The van der Waals surface area contributed by atoms with Crippen molar-refractivity contribution in [2.24, 2.45) is 0 Å².